The summed E-state index contributed by atoms with van der Waals surface area (Å²) in [5, 5.41) is 6.88. The van der Waals surface area contributed by atoms with Crippen molar-refractivity contribution in [2.45, 2.75) is 42.4 Å². The second kappa shape index (κ2) is 12.3. The van der Waals surface area contributed by atoms with Gasteiger partial charge in [0.05, 0.1) is 50.1 Å². The van der Waals surface area contributed by atoms with Crippen LogP contribution >= 0.6 is 23.4 Å². The summed E-state index contributed by atoms with van der Waals surface area (Å²) in [6.45, 7) is 0. The average Bonchev–Trinajstić information content (AvgIpc) is 3.60. The van der Waals surface area contributed by atoms with Crippen LogP contribution < -0.4 is 9.47 Å². The number of aromatic nitrogens is 4. The number of aryl methyl sites for hydroxylation is 2. The first-order chi connectivity index (χ1) is 20.1. The first-order valence-electron chi connectivity index (χ1n) is 12.8. The van der Waals surface area contributed by atoms with Crippen molar-refractivity contribution in [3.05, 3.63) is 82.0 Å². The maximum atomic E-state index is 14.2. The number of benzene rings is 2. The van der Waals surface area contributed by atoms with Crippen LogP contribution in [-0.2, 0) is 28.5 Å². The summed E-state index contributed by atoms with van der Waals surface area (Å²) in [5.41, 5.74) is 1.50. The van der Waals surface area contributed by atoms with Crippen molar-refractivity contribution in [3.63, 3.8) is 0 Å². The van der Waals surface area contributed by atoms with Gasteiger partial charge >= 0.3 is 12.1 Å². The molecule has 14 heteroatoms. The quantitative estimate of drug-likeness (QED) is 0.192. The van der Waals surface area contributed by atoms with Crippen LogP contribution in [-0.4, -0.2) is 47.0 Å². The van der Waals surface area contributed by atoms with E-state index in [0.29, 0.717) is 58.6 Å². The van der Waals surface area contributed by atoms with Crippen molar-refractivity contribution in [1.82, 2.24) is 19.7 Å². The Kier molecular flexibility index (Phi) is 8.69. The minimum Gasteiger partial charge on any atom is -0.493 e. The lowest BCUT2D eigenvalue weighted by molar-refractivity contribution is -0.146. The van der Waals surface area contributed by atoms with Gasteiger partial charge in [-0.05, 0) is 36.2 Å². The molecule has 1 aliphatic heterocycles. The van der Waals surface area contributed by atoms with Crippen LogP contribution in [0.3, 0.4) is 0 Å². The van der Waals surface area contributed by atoms with E-state index in [4.69, 9.17) is 25.5 Å². The number of hydrogen-bond acceptors (Lipinski definition) is 9. The van der Waals surface area contributed by atoms with Crippen LogP contribution in [0.25, 0.3) is 5.69 Å². The van der Waals surface area contributed by atoms with E-state index in [1.807, 2.05) is 6.07 Å². The third kappa shape index (κ3) is 5.93. The van der Waals surface area contributed by atoms with Crippen LogP contribution in [0.15, 0.2) is 47.0 Å². The topological polar surface area (TPSA) is 102 Å². The number of ether oxygens (including phenoxy) is 3. The molecule has 0 bridgehead atoms. The van der Waals surface area contributed by atoms with E-state index in [2.05, 4.69) is 19.9 Å². The van der Waals surface area contributed by atoms with Crippen molar-refractivity contribution < 1.29 is 36.6 Å². The van der Waals surface area contributed by atoms with E-state index in [-0.39, 0.29) is 23.9 Å². The van der Waals surface area contributed by atoms with Crippen molar-refractivity contribution >= 4 is 29.3 Å². The van der Waals surface area contributed by atoms with Gasteiger partial charge < -0.3 is 18.6 Å². The summed E-state index contributed by atoms with van der Waals surface area (Å²) in [7, 11) is 4.33. The highest BCUT2D eigenvalue weighted by Crippen LogP contribution is 2.54. The molecule has 222 valence electrons. The smallest absolute Gasteiger partial charge is 0.452 e. The molecule has 4 aromatic rings. The molecule has 0 fully saturated rings. The van der Waals surface area contributed by atoms with E-state index < -0.39 is 22.5 Å². The predicted octanol–water partition coefficient (Wildman–Crippen LogP) is 6.56. The molecule has 0 aliphatic carbocycles. The molecule has 2 aromatic carbocycles. The van der Waals surface area contributed by atoms with Crippen LogP contribution in [0.1, 0.15) is 57.8 Å². The molecule has 1 aliphatic rings. The number of methoxy groups -OCH3 is 3. The monoisotopic (exact) mass is 622 g/mol. The van der Waals surface area contributed by atoms with Crippen LogP contribution in [0.4, 0.5) is 13.2 Å². The van der Waals surface area contributed by atoms with E-state index in [1.165, 1.54) is 45.4 Å². The second-order valence-electron chi connectivity index (χ2n) is 9.34. The van der Waals surface area contributed by atoms with Crippen molar-refractivity contribution in [1.29, 1.82) is 0 Å². The number of rotatable bonds is 9. The SMILES string of the molecule is COC(=O)CCc1cnc(CCC2SC(c3cccc(OC)c3OC)c3cc(Cl)ccc3-n3c2nnc3C(F)(F)F)o1. The highest BCUT2D eigenvalue weighted by Gasteiger charge is 2.43. The number of carbonyl (C=O) groups excluding carboxylic acids is 1. The Labute approximate surface area is 248 Å². The Hall–Kier alpha value is -3.71. The van der Waals surface area contributed by atoms with Gasteiger partial charge in [-0.3, -0.25) is 9.36 Å². The number of carbonyl (C=O) groups is 1. The van der Waals surface area contributed by atoms with E-state index in [9.17, 15) is 18.0 Å². The van der Waals surface area contributed by atoms with Crippen molar-refractivity contribution in [3.8, 4) is 17.2 Å². The lowest BCUT2D eigenvalue weighted by Gasteiger charge is -2.24. The number of halogens is 4. The lowest BCUT2D eigenvalue weighted by Crippen LogP contribution is -2.16. The maximum absolute atomic E-state index is 14.2. The first-order valence-corrected chi connectivity index (χ1v) is 14.2. The molecule has 0 saturated heterocycles. The van der Waals surface area contributed by atoms with Gasteiger partial charge in [-0.15, -0.1) is 22.0 Å². The predicted molar refractivity (Wildman–Crippen MR) is 148 cm³/mol. The Morgan fingerprint density at radius 3 is 2.62 bits per heavy atom. The fourth-order valence-corrected chi connectivity index (χ4v) is 6.59. The fraction of sp³-hybridized carbons (Fsp3) is 0.357. The molecular formula is C28H26ClF3N4O5S. The van der Waals surface area contributed by atoms with Gasteiger partial charge in [0.25, 0.3) is 0 Å². The fourth-order valence-electron chi connectivity index (χ4n) is 4.88. The van der Waals surface area contributed by atoms with Gasteiger partial charge in [-0.25, -0.2) is 4.98 Å². The summed E-state index contributed by atoms with van der Waals surface area (Å²) >= 11 is 7.80. The van der Waals surface area contributed by atoms with Crippen molar-refractivity contribution in [2.75, 3.05) is 21.3 Å². The Bertz CT molecular complexity index is 1590. The third-order valence-electron chi connectivity index (χ3n) is 6.78. The number of oxazole rings is 1. The summed E-state index contributed by atoms with van der Waals surface area (Å²) in [6.07, 6.45) is -2.16. The second-order valence-corrected chi connectivity index (χ2v) is 11.1. The van der Waals surface area contributed by atoms with E-state index >= 15 is 0 Å². The summed E-state index contributed by atoms with van der Waals surface area (Å²) in [5.74, 6) is 0.462. The molecule has 3 heterocycles. The lowest BCUT2D eigenvalue weighted by atomic mass is 10.0. The Morgan fingerprint density at radius 1 is 1.10 bits per heavy atom. The summed E-state index contributed by atoms with van der Waals surface area (Å²) in [6, 6.07) is 10.1. The zero-order valence-corrected chi connectivity index (χ0v) is 24.3. The van der Waals surface area contributed by atoms with Crippen LogP contribution in [0, 0.1) is 0 Å². The van der Waals surface area contributed by atoms with Gasteiger partial charge in [-0.2, -0.15) is 13.2 Å². The number of para-hydroxylation sites is 1. The van der Waals surface area contributed by atoms with Gasteiger partial charge in [0, 0.05) is 23.4 Å². The minimum atomic E-state index is -4.76. The molecular weight excluding hydrogens is 597 g/mol. The summed E-state index contributed by atoms with van der Waals surface area (Å²) < 4.78 is 65.5. The number of alkyl halides is 3. The van der Waals surface area contributed by atoms with Gasteiger partial charge in [0.15, 0.2) is 23.2 Å². The highest BCUT2D eigenvalue weighted by molar-refractivity contribution is 8.00. The van der Waals surface area contributed by atoms with E-state index in [0.717, 1.165) is 4.57 Å². The molecule has 2 unspecified atom stereocenters. The van der Waals surface area contributed by atoms with E-state index in [1.54, 1.807) is 24.3 Å². The summed E-state index contributed by atoms with van der Waals surface area (Å²) in [4.78, 5) is 15.8. The first kappa shape index (κ1) is 29.8. The molecule has 0 saturated carbocycles. The molecule has 5 rings (SSSR count). The number of fused-ring (bicyclic) bond motifs is 3. The van der Waals surface area contributed by atoms with Crippen LogP contribution in [0.2, 0.25) is 5.02 Å². The zero-order valence-electron chi connectivity index (χ0n) is 22.8. The Balaban J connectivity index is 1.58. The zero-order chi connectivity index (χ0) is 30.0. The van der Waals surface area contributed by atoms with Gasteiger partial charge in [0.2, 0.25) is 5.82 Å². The maximum Gasteiger partial charge on any atom is 0.452 e. The molecule has 2 atom stereocenters. The number of hydrogen-bond donors (Lipinski definition) is 0. The van der Waals surface area contributed by atoms with Gasteiger partial charge in [-0.1, -0.05) is 23.7 Å². The minimum absolute atomic E-state index is 0.137. The number of nitrogens with zero attached hydrogens (tertiary/aromatic N) is 4. The normalized spacial score (nSPS) is 16.4. The molecule has 9 nitrogen and oxygen atoms in total. The Morgan fingerprint density at radius 2 is 1.90 bits per heavy atom. The molecule has 0 amide bonds. The molecule has 2 aromatic heterocycles. The number of thioether (sulfide) groups is 1. The highest BCUT2D eigenvalue weighted by atomic mass is 35.5. The molecule has 0 N–H and O–H groups in total. The molecule has 42 heavy (non-hydrogen) atoms. The van der Waals surface area contributed by atoms with Gasteiger partial charge in [0.1, 0.15) is 5.76 Å². The standard InChI is InChI=1S/C28H26ClF3N4O5S/c1-38-20-6-4-5-17(24(20)40-3)25-18-13-15(29)7-9-19(18)36-26(34-35-27(36)28(30,31)32)21(42-25)10-11-22-33-14-16(41-22)8-12-23(37)39-2/h4-7,9,13-14,21,25H,8,10-12H2,1-3H3. The van der Waals surface area contributed by atoms with Crippen LogP contribution in [0.5, 0.6) is 11.5 Å². The number of esters is 1. The van der Waals surface area contributed by atoms with Crippen molar-refractivity contribution in [2.24, 2.45) is 0 Å². The third-order valence-corrected chi connectivity index (χ3v) is 8.57. The molecule has 0 radical (unpaired) electrons. The average molecular weight is 623 g/mol. The molecule has 0 spiro atoms. The largest absolute Gasteiger partial charge is 0.493 e.